The van der Waals surface area contributed by atoms with E-state index in [2.05, 4.69) is 25.6 Å². The van der Waals surface area contributed by atoms with Crippen molar-refractivity contribution in [2.24, 2.45) is 11.8 Å². The summed E-state index contributed by atoms with van der Waals surface area (Å²) >= 11 is 0. The minimum atomic E-state index is -4.48. The van der Waals surface area contributed by atoms with E-state index in [0.717, 1.165) is 31.5 Å². The minimum Gasteiger partial charge on any atom is -0.366 e. The Hall–Kier alpha value is -3.05. The molecule has 1 aliphatic heterocycles. The van der Waals surface area contributed by atoms with Gasteiger partial charge in [0.15, 0.2) is 5.82 Å². The zero-order valence-electron chi connectivity index (χ0n) is 17.6. The summed E-state index contributed by atoms with van der Waals surface area (Å²) in [6, 6.07) is 4.04. The molecule has 3 N–H and O–H groups in total. The molecule has 4 rings (SSSR count). The number of anilines is 3. The second kappa shape index (κ2) is 9.44. The average molecular weight is 469 g/mol. The van der Waals surface area contributed by atoms with Gasteiger partial charge in [0.25, 0.3) is 6.43 Å². The molecular weight excluding hydrogens is 445 g/mol. The van der Waals surface area contributed by atoms with Crippen molar-refractivity contribution in [1.82, 2.24) is 15.0 Å². The summed E-state index contributed by atoms with van der Waals surface area (Å²) in [6.45, 7) is 0.698. The number of alkyl halides is 5. The topological polar surface area (TPSA) is 89.8 Å². The fourth-order valence-electron chi connectivity index (χ4n) is 4.59. The van der Waals surface area contributed by atoms with Crippen molar-refractivity contribution in [3.8, 4) is 0 Å². The highest BCUT2D eigenvalue weighted by atomic mass is 19.4. The molecule has 1 saturated carbocycles. The highest BCUT2D eigenvalue weighted by Crippen LogP contribution is 2.39. The van der Waals surface area contributed by atoms with Gasteiger partial charge in [-0.3, -0.25) is 0 Å². The monoisotopic (exact) mass is 469 g/mol. The summed E-state index contributed by atoms with van der Waals surface area (Å²) < 4.78 is 64.1. The minimum absolute atomic E-state index is 0.0729. The van der Waals surface area contributed by atoms with E-state index in [9.17, 15) is 22.0 Å². The van der Waals surface area contributed by atoms with Gasteiger partial charge in [-0.05, 0) is 43.2 Å². The van der Waals surface area contributed by atoms with Gasteiger partial charge in [-0.2, -0.15) is 13.2 Å². The molecule has 7 nitrogen and oxygen atoms in total. The van der Waals surface area contributed by atoms with Crippen LogP contribution in [0.4, 0.5) is 39.4 Å². The first-order valence-electron chi connectivity index (χ1n) is 10.7. The summed E-state index contributed by atoms with van der Waals surface area (Å²) in [5.41, 5.74) is -0.720. The van der Waals surface area contributed by atoms with Gasteiger partial charge in [0.05, 0.1) is 12.7 Å². The van der Waals surface area contributed by atoms with E-state index in [1.165, 1.54) is 12.3 Å². The first kappa shape index (κ1) is 23.1. The van der Waals surface area contributed by atoms with Crippen molar-refractivity contribution in [3.05, 3.63) is 35.8 Å². The van der Waals surface area contributed by atoms with Crippen LogP contribution in [-0.2, 0) is 6.18 Å². The molecular formula is C21H24F5N7. The van der Waals surface area contributed by atoms with Gasteiger partial charge in [0, 0.05) is 25.3 Å². The number of halogens is 5. The molecule has 33 heavy (non-hydrogen) atoms. The van der Waals surface area contributed by atoms with Crippen LogP contribution < -0.4 is 15.5 Å². The van der Waals surface area contributed by atoms with E-state index in [1.54, 1.807) is 6.07 Å². The second-order valence-electron chi connectivity index (χ2n) is 8.36. The maximum Gasteiger partial charge on any atom is 0.433 e. The summed E-state index contributed by atoms with van der Waals surface area (Å²) in [7, 11) is 0. The third kappa shape index (κ3) is 5.48. The highest BCUT2D eigenvalue weighted by Gasteiger charge is 2.39. The van der Waals surface area contributed by atoms with E-state index in [1.807, 2.05) is 4.90 Å². The first-order valence-corrected chi connectivity index (χ1v) is 10.7. The summed E-state index contributed by atoms with van der Waals surface area (Å²) in [4.78, 5) is 14.1. The van der Waals surface area contributed by atoms with Gasteiger partial charge in [-0.15, -0.1) is 0 Å². The molecule has 0 amide bonds. The number of rotatable bonds is 7. The third-order valence-corrected chi connectivity index (χ3v) is 6.11. The molecule has 178 valence electrons. The SMILES string of the molecule is N=Cc1ncc(N[C@@H]2CC[C@@H]3CN(c4cccc(C(F)(F)F)n4)C[C@@H]3C2)nc1NCC(F)F. The van der Waals surface area contributed by atoms with Crippen molar-refractivity contribution in [1.29, 1.82) is 5.41 Å². The Morgan fingerprint density at radius 2 is 1.94 bits per heavy atom. The predicted octanol–water partition coefficient (Wildman–Crippen LogP) is 4.28. The molecule has 0 aromatic carbocycles. The molecule has 12 heteroatoms. The Balaban J connectivity index is 1.40. The lowest BCUT2D eigenvalue weighted by Gasteiger charge is -2.31. The molecule has 0 spiro atoms. The van der Waals surface area contributed by atoms with E-state index in [-0.39, 0.29) is 23.5 Å². The Bertz CT molecular complexity index is 984. The standard InChI is InChI=1S/C21H24F5N7/c22-17(23)8-29-20-15(7-27)28-9-18(32-20)30-14-5-4-12-10-33(11-13(12)6-14)19-3-1-2-16(31-19)21(24,25)26/h1-3,7,9,12-14,17,27H,4-6,8,10-11H2,(H2,29,30,32)/t12-,13+,14-/m1/s1. The zero-order valence-corrected chi connectivity index (χ0v) is 17.6. The molecule has 0 unspecified atom stereocenters. The number of hydrogen-bond acceptors (Lipinski definition) is 7. The van der Waals surface area contributed by atoms with Crippen LogP contribution in [0.15, 0.2) is 24.4 Å². The maximum absolute atomic E-state index is 13.0. The quantitative estimate of drug-likeness (QED) is 0.414. The van der Waals surface area contributed by atoms with E-state index in [4.69, 9.17) is 5.41 Å². The smallest absolute Gasteiger partial charge is 0.366 e. The van der Waals surface area contributed by atoms with Crippen LogP contribution in [0.3, 0.4) is 0 Å². The highest BCUT2D eigenvalue weighted by molar-refractivity contribution is 5.81. The third-order valence-electron chi connectivity index (χ3n) is 6.11. The maximum atomic E-state index is 13.0. The van der Waals surface area contributed by atoms with Gasteiger partial charge in [0.2, 0.25) is 0 Å². The van der Waals surface area contributed by atoms with Crippen molar-refractivity contribution in [3.63, 3.8) is 0 Å². The first-order chi connectivity index (χ1) is 15.7. The fourth-order valence-corrected chi connectivity index (χ4v) is 4.59. The second-order valence-corrected chi connectivity index (χ2v) is 8.36. The normalized spacial score (nSPS) is 22.8. The van der Waals surface area contributed by atoms with Gasteiger partial charge >= 0.3 is 6.18 Å². The fraction of sp³-hybridized carbons (Fsp3) is 0.524. The van der Waals surface area contributed by atoms with Gasteiger partial charge in [-0.1, -0.05) is 6.07 Å². The van der Waals surface area contributed by atoms with Crippen LogP contribution in [0, 0.1) is 17.2 Å². The average Bonchev–Trinajstić information content (AvgIpc) is 3.21. The zero-order chi connectivity index (χ0) is 23.6. The van der Waals surface area contributed by atoms with Crippen molar-refractivity contribution < 1.29 is 22.0 Å². The lowest BCUT2D eigenvalue weighted by Crippen LogP contribution is -2.32. The Labute approximate surface area is 187 Å². The molecule has 3 atom stereocenters. The number of pyridine rings is 1. The van der Waals surface area contributed by atoms with E-state index < -0.39 is 24.8 Å². The van der Waals surface area contributed by atoms with E-state index in [0.29, 0.717) is 30.6 Å². The van der Waals surface area contributed by atoms with Crippen molar-refractivity contribution >= 4 is 23.7 Å². The molecule has 1 saturated heterocycles. The molecule has 2 aliphatic rings. The Morgan fingerprint density at radius 1 is 1.15 bits per heavy atom. The lowest BCUT2D eigenvalue weighted by molar-refractivity contribution is -0.141. The van der Waals surface area contributed by atoms with Crippen molar-refractivity contribution in [2.75, 3.05) is 35.2 Å². The van der Waals surface area contributed by atoms with Crippen molar-refractivity contribution in [2.45, 2.75) is 37.9 Å². The van der Waals surface area contributed by atoms with Crippen LogP contribution in [0.2, 0.25) is 0 Å². The summed E-state index contributed by atoms with van der Waals surface area (Å²) in [5.74, 6) is 1.54. The predicted molar refractivity (Wildman–Crippen MR) is 114 cm³/mol. The molecule has 1 aliphatic carbocycles. The summed E-state index contributed by atoms with van der Waals surface area (Å²) in [6.07, 6.45) is -2.07. The largest absolute Gasteiger partial charge is 0.433 e. The molecule has 0 radical (unpaired) electrons. The van der Waals surface area contributed by atoms with Gasteiger partial charge in [-0.25, -0.2) is 23.7 Å². The van der Waals surface area contributed by atoms with Crippen LogP contribution in [0.1, 0.15) is 30.7 Å². The number of nitrogens with one attached hydrogen (secondary N) is 3. The number of hydrogen-bond donors (Lipinski definition) is 3. The number of nitrogens with zero attached hydrogens (tertiary/aromatic N) is 4. The van der Waals surface area contributed by atoms with Crippen LogP contribution in [0.5, 0.6) is 0 Å². The Kier molecular flexibility index (Phi) is 6.61. The lowest BCUT2D eigenvalue weighted by atomic mass is 9.79. The Morgan fingerprint density at radius 3 is 2.67 bits per heavy atom. The van der Waals surface area contributed by atoms with Gasteiger partial charge < -0.3 is 20.9 Å². The van der Waals surface area contributed by atoms with Crippen LogP contribution >= 0.6 is 0 Å². The molecule has 2 aromatic rings. The number of aromatic nitrogens is 3. The molecule has 2 fully saturated rings. The van der Waals surface area contributed by atoms with E-state index >= 15 is 0 Å². The van der Waals surface area contributed by atoms with Gasteiger partial charge in [0.1, 0.15) is 23.0 Å². The molecule has 0 bridgehead atoms. The summed E-state index contributed by atoms with van der Waals surface area (Å²) in [5, 5.41) is 13.2. The molecule has 3 heterocycles. The van der Waals surface area contributed by atoms with Crippen LogP contribution in [0.25, 0.3) is 0 Å². The molecule has 2 aromatic heterocycles. The number of fused-ring (bicyclic) bond motifs is 1. The van der Waals surface area contributed by atoms with Crippen LogP contribution in [-0.4, -0.2) is 53.3 Å².